The van der Waals surface area contributed by atoms with Crippen LogP contribution < -0.4 is 16.0 Å². The number of hydrogen-bond donors (Lipinski definition) is 2. The van der Waals surface area contributed by atoms with E-state index in [1.807, 2.05) is 0 Å². The standard InChI is InChI=1S/C12H18N4O2/c1-8-6-15(7-9(2)14-8)11-3-10(13)4-12(5-11)16(17)18/h3-5,8-9,14H,6-7,13H2,1-2H3/t8-,9+. The van der Waals surface area contributed by atoms with Crippen LogP contribution >= 0.6 is 0 Å². The zero-order valence-electron chi connectivity index (χ0n) is 10.6. The highest BCUT2D eigenvalue weighted by atomic mass is 16.6. The normalized spacial score (nSPS) is 24.0. The fourth-order valence-corrected chi connectivity index (χ4v) is 2.44. The van der Waals surface area contributed by atoms with E-state index in [4.69, 9.17) is 5.73 Å². The maximum absolute atomic E-state index is 10.8. The molecule has 6 heteroatoms. The molecular weight excluding hydrogens is 232 g/mol. The van der Waals surface area contributed by atoms with Crippen LogP contribution in [-0.4, -0.2) is 30.1 Å². The Morgan fingerprint density at radius 3 is 2.50 bits per heavy atom. The van der Waals surface area contributed by atoms with E-state index in [1.165, 1.54) is 6.07 Å². The molecule has 0 spiro atoms. The van der Waals surface area contributed by atoms with E-state index in [1.54, 1.807) is 12.1 Å². The second-order valence-corrected chi connectivity index (χ2v) is 4.91. The Morgan fingerprint density at radius 2 is 1.94 bits per heavy atom. The molecule has 2 rings (SSSR count). The van der Waals surface area contributed by atoms with E-state index < -0.39 is 4.92 Å². The number of anilines is 2. The lowest BCUT2D eigenvalue weighted by Gasteiger charge is -2.37. The van der Waals surface area contributed by atoms with Crippen molar-refractivity contribution in [1.29, 1.82) is 0 Å². The number of nitro groups is 1. The summed E-state index contributed by atoms with van der Waals surface area (Å²) in [6.45, 7) is 5.85. The van der Waals surface area contributed by atoms with Crippen LogP contribution in [0.3, 0.4) is 0 Å². The third-order valence-electron chi connectivity index (χ3n) is 3.06. The van der Waals surface area contributed by atoms with E-state index >= 15 is 0 Å². The van der Waals surface area contributed by atoms with Crippen LogP contribution in [0, 0.1) is 10.1 Å². The van der Waals surface area contributed by atoms with Gasteiger partial charge in [-0.1, -0.05) is 0 Å². The fourth-order valence-electron chi connectivity index (χ4n) is 2.44. The van der Waals surface area contributed by atoms with Crippen LogP contribution in [0.1, 0.15) is 13.8 Å². The van der Waals surface area contributed by atoms with Crippen molar-refractivity contribution in [3.8, 4) is 0 Å². The Bertz CT molecular complexity index is 453. The number of nitro benzene ring substituents is 1. The van der Waals surface area contributed by atoms with Crippen molar-refractivity contribution < 1.29 is 4.92 Å². The Morgan fingerprint density at radius 1 is 1.33 bits per heavy atom. The topological polar surface area (TPSA) is 84.4 Å². The van der Waals surface area contributed by atoms with Crippen molar-refractivity contribution >= 4 is 17.1 Å². The molecule has 1 fully saturated rings. The van der Waals surface area contributed by atoms with Crippen LogP contribution in [0.25, 0.3) is 0 Å². The second-order valence-electron chi connectivity index (χ2n) is 4.91. The highest BCUT2D eigenvalue weighted by molar-refractivity contribution is 5.63. The van der Waals surface area contributed by atoms with Crippen molar-refractivity contribution in [2.24, 2.45) is 0 Å². The van der Waals surface area contributed by atoms with Gasteiger partial charge in [-0.2, -0.15) is 0 Å². The summed E-state index contributed by atoms with van der Waals surface area (Å²) in [4.78, 5) is 12.6. The van der Waals surface area contributed by atoms with Crippen molar-refractivity contribution in [2.45, 2.75) is 25.9 Å². The predicted octanol–water partition coefficient (Wildman–Crippen LogP) is 1.36. The number of piperazine rings is 1. The van der Waals surface area contributed by atoms with Crippen molar-refractivity contribution in [3.05, 3.63) is 28.3 Å². The van der Waals surface area contributed by atoms with Crippen LogP contribution in [0.15, 0.2) is 18.2 Å². The van der Waals surface area contributed by atoms with Gasteiger partial charge in [-0.15, -0.1) is 0 Å². The van der Waals surface area contributed by atoms with Gasteiger partial charge in [0.05, 0.1) is 4.92 Å². The van der Waals surface area contributed by atoms with Crippen LogP contribution in [-0.2, 0) is 0 Å². The van der Waals surface area contributed by atoms with Crippen molar-refractivity contribution in [2.75, 3.05) is 23.7 Å². The molecule has 0 amide bonds. The summed E-state index contributed by atoms with van der Waals surface area (Å²) in [6.07, 6.45) is 0. The molecule has 2 atom stereocenters. The Balaban J connectivity index is 2.29. The minimum Gasteiger partial charge on any atom is -0.398 e. The number of nitrogen functional groups attached to an aromatic ring is 1. The summed E-state index contributed by atoms with van der Waals surface area (Å²) in [5, 5.41) is 14.3. The van der Waals surface area contributed by atoms with Gasteiger partial charge in [0.1, 0.15) is 0 Å². The van der Waals surface area contributed by atoms with E-state index in [-0.39, 0.29) is 5.69 Å². The lowest BCUT2D eigenvalue weighted by atomic mass is 10.1. The van der Waals surface area contributed by atoms with E-state index in [9.17, 15) is 10.1 Å². The van der Waals surface area contributed by atoms with Gasteiger partial charge in [0.15, 0.2) is 0 Å². The monoisotopic (exact) mass is 250 g/mol. The molecule has 98 valence electrons. The molecule has 0 aromatic heterocycles. The largest absolute Gasteiger partial charge is 0.398 e. The first-order valence-corrected chi connectivity index (χ1v) is 6.01. The summed E-state index contributed by atoms with van der Waals surface area (Å²) in [7, 11) is 0. The molecule has 0 unspecified atom stereocenters. The number of nitrogens with one attached hydrogen (secondary N) is 1. The number of nitrogens with two attached hydrogens (primary N) is 1. The zero-order chi connectivity index (χ0) is 13.3. The summed E-state index contributed by atoms with van der Waals surface area (Å²) >= 11 is 0. The number of hydrogen-bond acceptors (Lipinski definition) is 5. The van der Waals surface area contributed by atoms with Gasteiger partial charge in [0.25, 0.3) is 5.69 Å². The molecule has 0 bridgehead atoms. The molecule has 6 nitrogen and oxygen atoms in total. The van der Waals surface area contributed by atoms with Gasteiger partial charge in [-0.3, -0.25) is 10.1 Å². The molecule has 0 radical (unpaired) electrons. The summed E-state index contributed by atoms with van der Waals surface area (Å²) in [5.41, 5.74) is 7.02. The van der Waals surface area contributed by atoms with Gasteiger partial charge in [0.2, 0.25) is 0 Å². The molecule has 1 aliphatic rings. The van der Waals surface area contributed by atoms with Gasteiger partial charge < -0.3 is 16.0 Å². The van der Waals surface area contributed by atoms with Gasteiger partial charge >= 0.3 is 0 Å². The number of non-ortho nitro benzene ring substituents is 1. The molecule has 1 aromatic rings. The molecule has 1 saturated heterocycles. The van der Waals surface area contributed by atoms with Crippen molar-refractivity contribution in [1.82, 2.24) is 5.32 Å². The Labute approximate surface area is 106 Å². The molecule has 1 aliphatic heterocycles. The van der Waals surface area contributed by atoms with Crippen LogP contribution in [0.5, 0.6) is 0 Å². The number of rotatable bonds is 2. The maximum atomic E-state index is 10.8. The average molecular weight is 250 g/mol. The van der Waals surface area contributed by atoms with Crippen LogP contribution in [0.2, 0.25) is 0 Å². The lowest BCUT2D eigenvalue weighted by Crippen LogP contribution is -2.54. The van der Waals surface area contributed by atoms with Crippen LogP contribution in [0.4, 0.5) is 17.1 Å². The summed E-state index contributed by atoms with van der Waals surface area (Å²) < 4.78 is 0. The quantitative estimate of drug-likeness (QED) is 0.470. The number of nitrogens with zero attached hydrogens (tertiary/aromatic N) is 2. The highest BCUT2D eigenvalue weighted by Crippen LogP contribution is 2.26. The third kappa shape index (κ3) is 2.70. The second kappa shape index (κ2) is 4.81. The minimum atomic E-state index is -0.408. The fraction of sp³-hybridized carbons (Fsp3) is 0.500. The Hall–Kier alpha value is -1.82. The maximum Gasteiger partial charge on any atom is 0.273 e. The van der Waals surface area contributed by atoms with E-state index in [2.05, 4.69) is 24.1 Å². The average Bonchev–Trinajstić information content (AvgIpc) is 2.26. The molecule has 1 aromatic carbocycles. The summed E-state index contributed by atoms with van der Waals surface area (Å²) in [6, 6.07) is 5.47. The Kier molecular flexibility index (Phi) is 3.38. The van der Waals surface area contributed by atoms with E-state index in [0.717, 1.165) is 18.8 Å². The zero-order valence-corrected chi connectivity index (χ0v) is 10.6. The van der Waals surface area contributed by atoms with Gasteiger partial charge in [-0.25, -0.2) is 0 Å². The first-order valence-electron chi connectivity index (χ1n) is 6.01. The van der Waals surface area contributed by atoms with Gasteiger partial charge in [0, 0.05) is 48.7 Å². The highest BCUT2D eigenvalue weighted by Gasteiger charge is 2.22. The molecule has 0 aliphatic carbocycles. The van der Waals surface area contributed by atoms with Crippen molar-refractivity contribution in [3.63, 3.8) is 0 Å². The molecule has 1 heterocycles. The lowest BCUT2D eigenvalue weighted by molar-refractivity contribution is -0.384. The SMILES string of the molecule is C[C@@H]1CN(c2cc(N)cc([N+](=O)[O-])c2)C[C@H](C)N1. The number of benzene rings is 1. The minimum absolute atomic E-state index is 0.0452. The van der Waals surface area contributed by atoms with E-state index in [0.29, 0.717) is 17.8 Å². The predicted molar refractivity (Wildman–Crippen MR) is 71.8 cm³/mol. The molecule has 0 saturated carbocycles. The smallest absolute Gasteiger partial charge is 0.273 e. The molecule has 3 N–H and O–H groups in total. The molecular formula is C12H18N4O2. The van der Waals surface area contributed by atoms with Gasteiger partial charge in [-0.05, 0) is 19.9 Å². The third-order valence-corrected chi connectivity index (χ3v) is 3.06. The first kappa shape index (κ1) is 12.6. The molecule has 18 heavy (non-hydrogen) atoms. The summed E-state index contributed by atoms with van der Waals surface area (Å²) in [5.74, 6) is 0. The first-order chi connectivity index (χ1) is 8.45.